The Labute approximate surface area is 161 Å². The maximum absolute atomic E-state index is 12.5. The molecule has 2 aromatic heterocycles. The number of hydrogen-bond donors (Lipinski definition) is 1. The summed E-state index contributed by atoms with van der Waals surface area (Å²) in [5.74, 6) is 0.945. The zero-order valence-electron chi connectivity index (χ0n) is 15.3. The lowest BCUT2D eigenvalue weighted by molar-refractivity contribution is 0.0856. The first-order valence-corrected chi connectivity index (χ1v) is 9.76. The van der Waals surface area contributed by atoms with Crippen molar-refractivity contribution in [2.75, 3.05) is 25.6 Å². The molecule has 3 heterocycles. The number of fused-ring (bicyclic) bond motifs is 1. The second kappa shape index (κ2) is 7.62. The summed E-state index contributed by atoms with van der Waals surface area (Å²) in [6.07, 6.45) is 3.57. The summed E-state index contributed by atoms with van der Waals surface area (Å²) in [5.41, 5.74) is 3.43. The highest BCUT2D eigenvalue weighted by atomic mass is 32.1. The Balaban J connectivity index is 1.67. The Morgan fingerprint density at radius 3 is 2.78 bits per heavy atom. The number of anilines is 1. The molecule has 0 unspecified atom stereocenters. The van der Waals surface area contributed by atoms with E-state index in [1.54, 1.807) is 19.4 Å². The summed E-state index contributed by atoms with van der Waals surface area (Å²) in [5, 5.41) is 3.46. The molecule has 4 rings (SSSR count). The molecule has 0 aliphatic carbocycles. The highest BCUT2D eigenvalue weighted by Crippen LogP contribution is 2.40. The predicted octanol–water partition coefficient (Wildman–Crippen LogP) is 4.15. The first-order chi connectivity index (χ1) is 13.2. The number of pyridine rings is 1. The van der Waals surface area contributed by atoms with Crippen molar-refractivity contribution in [3.05, 3.63) is 47.3 Å². The predicted molar refractivity (Wildman–Crippen MR) is 106 cm³/mol. The maximum atomic E-state index is 12.5. The van der Waals surface area contributed by atoms with E-state index in [2.05, 4.69) is 21.4 Å². The molecule has 0 radical (unpaired) electrons. The van der Waals surface area contributed by atoms with Crippen LogP contribution in [0.3, 0.4) is 0 Å². The van der Waals surface area contributed by atoms with Crippen LogP contribution in [-0.2, 0) is 4.74 Å². The molecule has 1 aliphatic rings. The zero-order valence-corrected chi connectivity index (χ0v) is 16.1. The van der Waals surface area contributed by atoms with E-state index >= 15 is 0 Å². The van der Waals surface area contributed by atoms with E-state index in [1.807, 2.05) is 19.1 Å². The summed E-state index contributed by atoms with van der Waals surface area (Å²) in [6, 6.07) is 7.66. The van der Waals surface area contributed by atoms with Crippen molar-refractivity contribution in [2.24, 2.45) is 0 Å². The van der Waals surface area contributed by atoms with Crippen LogP contribution in [0.1, 0.15) is 40.4 Å². The molecule has 3 aromatic rings. The molecule has 0 spiro atoms. The fraction of sp³-hybridized carbons (Fsp3) is 0.350. The molecule has 0 bridgehead atoms. The van der Waals surface area contributed by atoms with E-state index in [0.29, 0.717) is 16.6 Å². The van der Waals surface area contributed by atoms with Gasteiger partial charge < -0.3 is 9.47 Å². The summed E-state index contributed by atoms with van der Waals surface area (Å²) in [6.45, 7) is 3.45. The van der Waals surface area contributed by atoms with Gasteiger partial charge in [0.2, 0.25) is 0 Å². The summed E-state index contributed by atoms with van der Waals surface area (Å²) >= 11 is 1.49. The summed E-state index contributed by atoms with van der Waals surface area (Å²) < 4.78 is 12.0. The van der Waals surface area contributed by atoms with Gasteiger partial charge in [0.15, 0.2) is 5.13 Å². The number of thiazole rings is 1. The minimum atomic E-state index is -0.215. The average molecular weight is 383 g/mol. The molecule has 6 nitrogen and oxygen atoms in total. The molecule has 1 fully saturated rings. The topological polar surface area (TPSA) is 73.3 Å². The molecule has 1 saturated heterocycles. The number of carbonyl (C=O) groups excluding carboxylic acids is 1. The Kier molecular flexibility index (Phi) is 5.05. The number of amides is 1. The number of methoxy groups -OCH3 is 1. The monoisotopic (exact) mass is 383 g/mol. The fourth-order valence-corrected chi connectivity index (χ4v) is 4.39. The summed E-state index contributed by atoms with van der Waals surface area (Å²) in [4.78, 5) is 21.3. The highest BCUT2D eigenvalue weighted by Gasteiger charge is 2.22. The van der Waals surface area contributed by atoms with E-state index in [1.165, 1.54) is 16.9 Å². The van der Waals surface area contributed by atoms with Crippen molar-refractivity contribution in [3.63, 3.8) is 0 Å². The van der Waals surface area contributed by atoms with E-state index in [9.17, 15) is 4.79 Å². The number of aromatic nitrogens is 2. The number of aryl methyl sites for hydroxylation is 1. The van der Waals surface area contributed by atoms with Crippen LogP contribution in [0.15, 0.2) is 30.5 Å². The Bertz CT molecular complexity index is 963. The van der Waals surface area contributed by atoms with Gasteiger partial charge in [0.05, 0.1) is 17.4 Å². The quantitative estimate of drug-likeness (QED) is 0.732. The largest absolute Gasteiger partial charge is 0.494 e. The average Bonchev–Trinajstić information content (AvgIpc) is 3.11. The minimum absolute atomic E-state index is 0.215. The van der Waals surface area contributed by atoms with Crippen LogP contribution in [0.2, 0.25) is 0 Å². The number of nitrogens with one attached hydrogen (secondary N) is 1. The van der Waals surface area contributed by atoms with Crippen molar-refractivity contribution in [1.82, 2.24) is 9.97 Å². The first kappa shape index (κ1) is 17.9. The fourth-order valence-electron chi connectivity index (χ4n) is 3.32. The lowest BCUT2D eigenvalue weighted by Crippen LogP contribution is -2.14. The van der Waals surface area contributed by atoms with Gasteiger partial charge in [-0.05, 0) is 49.4 Å². The molecule has 7 heteroatoms. The van der Waals surface area contributed by atoms with Crippen molar-refractivity contribution >= 4 is 32.6 Å². The van der Waals surface area contributed by atoms with Crippen LogP contribution in [0, 0.1) is 6.92 Å². The Morgan fingerprint density at radius 2 is 2.07 bits per heavy atom. The molecule has 27 heavy (non-hydrogen) atoms. The third kappa shape index (κ3) is 3.65. The van der Waals surface area contributed by atoms with Crippen molar-refractivity contribution in [1.29, 1.82) is 0 Å². The second-order valence-electron chi connectivity index (χ2n) is 6.58. The molecular weight excluding hydrogens is 362 g/mol. The van der Waals surface area contributed by atoms with Crippen molar-refractivity contribution < 1.29 is 14.3 Å². The van der Waals surface area contributed by atoms with Crippen LogP contribution < -0.4 is 10.1 Å². The summed E-state index contributed by atoms with van der Waals surface area (Å²) in [7, 11) is 1.64. The van der Waals surface area contributed by atoms with Gasteiger partial charge in [-0.3, -0.25) is 15.1 Å². The molecule has 140 valence electrons. The third-order valence-corrected chi connectivity index (χ3v) is 5.83. The van der Waals surface area contributed by atoms with Crippen LogP contribution in [0.25, 0.3) is 10.2 Å². The van der Waals surface area contributed by atoms with E-state index in [-0.39, 0.29) is 5.91 Å². The molecule has 1 amide bonds. The van der Waals surface area contributed by atoms with E-state index < -0.39 is 0 Å². The Hall–Kier alpha value is -2.51. The normalized spacial score (nSPS) is 15.0. The van der Waals surface area contributed by atoms with E-state index in [4.69, 9.17) is 9.47 Å². The number of carbonyl (C=O) groups is 1. The molecular formula is C20H21N3O3S. The molecule has 1 aliphatic heterocycles. The first-order valence-electron chi connectivity index (χ1n) is 8.95. The molecule has 0 atom stereocenters. The van der Waals surface area contributed by atoms with Gasteiger partial charge in [-0.2, -0.15) is 0 Å². The van der Waals surface area contributed by atoms with Crippen LogP contribution in [0.5, 0.6) is 5.75 Å². The number of nitrogens with zero attached hydrogens (tertiary/aromatic N) is 2. The second-order valence-corrected chi connectivity index (χ2v) is 7.58. The number of benzene rings is 1. The zero-order chi connectivity index (χ0) is 18.8. The van der Waals surface area contributed by atoms with Gasteiger partial charge in [0.25, 0.3) is 5.91 Å². The van der Waals surface area contributed by atoms with Gasteiger partial charge in [-0.1, -0.05) is 17.4 Å². The van der Waals surface area contributed by atoms with Crippen molar-refractivity contribution in [2.45, 2.75) is 25.7 Å². The molecule has 1 aromatic carbocycles. The molecule has 0 saturated carbocycles. The van der Waals surface area contributed by atoms with Gasteiger partial charge in [-0.15, -0.1) is 0 Å². The minimum Gasteiger partial charge on any atom is -0.494 e. The van der Waals surface area contributed by atoms with Crippen LogP contribution in [-0.4, -0.2) is 36.2 Å². The number of hydrogen-bond acceptors (Lipinski definition) is 6. The van der Waals surface area contributed by atoms with Gasteiger partial charge in [-0.25, -0.2) is 4.98 Å². The van der Waals surface area contributed by atoms with Crippen LogP contribution >= 0.6 is 11.3 Å². The number of ether oxygens (including phenoxy) is 2. The van der Waals surface area contributed by atoms with Gasteiger partial charge >= 0.3 is 0 Å². The lowest BCUT2D eigenvalue weighted by atomic mass is 9.91. The Morgan fingerprint density at radius 1 is 1.26 bits per heavy atom. The van der Waals surface area contributed by atoms with Crippen LogP contribution in [0.4, 0.5) is 5.13 Å². The smallest absolute Gasteiger partial charge is 0.259 e. The maximum Gasteiger partial charge on any atom is 0.259 e. The van der Waals surface area contributed by atoms with Gasteiger partial charge in [0, 0.05) is 25.1 Å². The van der Waals surface area contributed by atoms with E-state index in [0.717, 1.165) is 47.7 Å². The standard InChI is InChI=1S/C20H21N3O3S/c1-12-3-4-14(11-21-12)19(24)23-20-22-17-16(25-2)6-5-15(18(17)27-20)13-7-9-26-10-8-13/h3-6,11,13H,7-10H2,1-2H3,(H,22,23,24). The molecule has 1 N–H and O–H groups in total. The number of rotatable bonds is 4. The highest BCUT2D eigenvalue weighted by molar-refractivity contribution is 7.22. The van der Waals surface area contributed by atoms with Gasteiger partial charge in [0.1, 0.15) is 11.3 Å². The SMILES string of the molecule is COc1ccc(C2CCOCC2)c2sc(NC(=O)c3ccc(C)nc3)nc12. The third-order valence-electron chi connectivity index (χ3n) is 4.81. The lowest BCUT2D eigenvalue weighted by Gasteiger charge is -2.23. The van der Waals surface area contributed by atoms with Crippen molar-refractivity contribution in [3.8, 4) is 5.75 Å².